The van der Waals surface area contributed by atoms with Crippen LogP contribution < -0.4 is 68.6 Å². The molecule has 13 heavy (non-hydrogen) atoms. The van der Waals surface area contributed by atoms with Crippen LogP contribution in [0.15, 0.2) is 0 Å². The second-order valence-electron chi connectivity index (χ2n) is 0.728. The van der Waals surface area contributed by atoms with E-state index in [0.29, 0.717) is 0 Å². The summed E-state index contributed by atoms with van der Waals surface area (Å²) < 4.78 is 8.77. The van der Waals surface area contributed by atoms with Crippen molar-refractivity contribution in [3.63, 3.8) is 0 Å². The number of hydrogen-bond acceptors (Lipinski definition) is 6. The maximum atomic E-state index is 8.77. The van der Waals surface area contributed by atoms with Crippen LogP contribution in [0.5, 0.6) is 0 Å². The zero-order valence-corrected chi connectivity index (χ0v) is 11.5. The fourth-order valence-corrected chi connectivity index (χ4v) is 0. The van der Waals surface area contributed by atoms with Crippen LogP contribution in [0.2, 0.25) is 0 Å². The van der Waals surface area contributed by atoms with Gasteiger partial charge in [-0.1, -0.05) is 0 Å². The van der Waals surface area contributed by atoms with Crippen molar-refractivity contribution >= 4 is 20.2 Å². The summed E-state index contributed by atoms with van der Waals surface area (Å²) >= 11 is 0. The van der Waals surface area contributed by atoms with Gasteiger partial charge in [0.2, 0.25) is 0 Å². The molecule has 0 saturated carbocycles. The normalized spacial score (nSPS) is 6.38. The van der Waals surface area contributed by atoms with Crippen LogP contribution in [-0.2, 0) is 4.57 Å². The fraction of sp³-hybridized carbons (Fsp3) is 0. The Hall–Kier alpha value is 1.16. The van der Waals surface area contributed by atoms with E-state index >= 15 is 0 Å². The molecule has 13 heteroatoms. The number of phosphoric acid groups is 1. The number of nitrogens with zero attached hydrogens (tertiary/aromatic N) is 1. The van der Waals surface area contributed by atoms with Gasteiger partial charge in [0.05, 0.1) is 0 Å². The molecule has 0 atom stereocenters. The third kappa shape index (κ3) is 1220. The van der Waals surface area contributed by atoms with Crippen LogP contribution in [0.3, 0.4) is 0 Å². The molecule has 0 aliphatic carbocycles. The molecule has 0 rings (SSSR count). The summed E-state index contributed by atoms with van der Waals surface area (Å²) in [5.41, 5.74) is 0. The van der Waals surface area contributed by atoms with Crippen molar-refractivity contribution in [3.8, 4) is 0 Å². The van der Waals surface area contributed by atoms with Gasteiger partial charge in [-0.25, -0.2) is 0 Å². The number of rotatable bonds is 0. The van der Waals surface area contributed by atoms with Gasteiger partial charge < -0.3 is 32.2 Å². The third-order valence-electron chi connectivity index (χ3n) is 0. The van der Waals surface area contributed by atoms with Crippen LogP contribution in [0, 0.1) is 10.1 Å². The molecule has 0 aromatic heterocycles. The molecule has 0 radical (unpaired) electrons. The third-order valence-corrected chi connectivity index (χ3v) is 0. The summed E-state index contributed by atoms with van der Waals surface area (Å²) in [5, 5.41) is 13.6. The van der Waals surface area contributed by atoms with E-state index in [1.54, 1.807) is 0 Å². The molecular formula is H10ClKN3O7P. The Labute approximate surface area is 122 Å². The molecule has 0 unspecified atom stereocenters. The average molecular weight is 270 g/mol. The van der Waals surface area contributed by atoms with Gasteiger partial charge >= 0.3 is 51.4 Å². The molecule has 0 saturated heterocycles. The molecular weight excluding hydrogens is 260 g/mol. The summed E-state index contributed by atoms with van der Waals surface area (Å²) in [6, 6.07) is 0. The smallest absolute Gasteiger partial charge is 0.756 e. The summed E-state index contributed by atoms with van der Waals surface area (Å²) in [6.45, 7) is 0. The van der Waals surface area contributed by atoms with E-state index < -0.39 is 12.9 Å². The molecule has 10 nitrogen and oxygen atoms in total. The van der Waals surface area contributed by atoms with Crippen molar-refractivity contribution in [1.82, 2.24) is 12.3 Å². The van der Waals surface area contributed by atoms with E-state index in [4.69, 9.17) is 34.6 Å². The number of hydrogen-bond donors (Lipinski definition) is 5. The summed E-state index contributed by atoms with van der Waals surface area (Å²) in [5.74, 6) is 0. The van der Waals surface area contributed by atoms with Crippen molar-refractivity contribution in [2.45, 2.75) is 0 Å². The quantitative estimate of drug-likeness (QED) is 0.125. The Morgan fingerprint density at radius 2 is 1.23 bits per heavy atom. The summed E-state index contributed by atoms with van der Waals surface area (Å²) in [4.78, 5) is 31.3. The summed E-state index contributed by atoms with van der Waals surface area (Å²) in [7, 11) is -4.89. The van der Waals surface area contributed by atoms with Crippen molar-refractivity contribution < 1.29 is 80.9 Å². The topological polar surface area (TPSA) is 214 Å². The van der Waals surface area contributed by atoms with Gasteiger partial charge in [-0.3, -0.25) is 4.57 Å². The van der Waals surface area contributed by atoms with Crippen LogP contribution >= 0.6 is 20.2 Å². The Morgan fingerprint density at radius 1 is 1.23 bits per heavy atom. The predicted octanol–water partition coefficient (Wildman–Crippen LogP) is -4.16. The van der Waals surface area contributed by atoms with Gasteiger partial charge in [0.1, 0.15) is 0 Å². The SMILES string of the molecule is Cl.N.N.O=P([O-])(O)O.O=[N+]([O-])O.[K+]. The van der Waals surface area contributed by atoms with Crippen LogP contribution in [0.4, 0.5) is 0 Å². The molecule has 0 aliphatic heterocycles. The standard InChI is InChI=1S/ClH.K.HNO3.2H3N.H3O4P/c;;2-1(3)4;;;1-5(2,3)4/h1H;;(H,2,3,4);2*1H3;(H3,1,2,3,4)/q;+1;;;;/p-1. The minimum Gasteiger partial charge on any atom is -0.756 e. The monoisotopic (exact) mass is 269 g/mol. The Kier molecular flexibility index (Phi) is 53.4. The zero-order valence-electron chi connectivity index (χ0n) is 6.69. The van der Waals surface area contributed by atoms with Crippen LogP contribution in [0.1, 0.15) is 0 Å². The summed E-state index contributed by atoms with van der Waals surface area (Å²) in [6.07, 6.45) is 0. The second kappa shape index (κ2) is 18.8. The molecule has 0 spiro atoms. The molecule has 80 valence electrons. The van der Waals surface area contributed by atoms with E-state index in [1.807, 2.05) is 0 Å². The van der Waals surface area contributed by atoms with E-state index in [-0.39, 0.29) is 76.1 Å². The first-order valence-corrected chi connectivity index (χ1v) is 2.86. The van der Waals surface area contributed by atoms with Crippen LogP contribution in [-0.4, -0.2) is 20.1 Å². The van der Waals surface area contributed by atoms with E-state index in [0.717, 1.165) is 0 Å². The van der Waals surface area contributed by atoms with Gasteiger partial charge in [-0.15, -0.1) is 22.5 Å². The minimum atomic E-state index is -4.89. The first-order valence-electron chi connectivity index (χ1n) is 1.33. The van der Waals surface area contributed by atoms with E-state index in [9.17, 15) is 0 Å². The molecule has 0 aliphatic rings. The zero-order chi connectivity index (χ0) is 8.08. The van der Waals surface area contributed by atoms with Gasteiger partial charge in [0.15, 0.2) is 0 Å². The molecule has 0 amide bonds. The maximum absolute atomic E-state index is 8.77. The van der Waals surface area contributed by atoms with E-state index in [2.05, 4.69) is 0 Å². The first-order chi connectivity index (χ1) is 3.73. The fourth-order valence-electron chi connectivity index (χ4n) is 0. The van der Waals surface area contributed by atoms with Crippen LogP contribution in [0.25, 0.3) is 0 Å². The second-order valence-corrected chi connectivity index (χ2v) is 1.71. The number of halogens is 1. The Morgan fingerprint density at radius 3 is 1.23 bits per heavy atom. The first kappa shape index (κ1) is 36.8. The van der Waals surface area contributed by atoms with Gasteiger partial charge in [0, 0.05) is 0 Å². The largest absolute Gasteiger partial charge is 1.00 e. The molecule has 0 heterocycles. The van der Waals surface area contributed by atoms with Crippen molar-refractivity contribution in [2.24, 2.45) is 0 Å². The van der Waals surface area contributed by atoms with E-state index in [1.165, 1.54) is 0 Å². The maximum Gasteiger partial charge on any atom is 1.00 e. The molecule has 0 aromatic carbocycles. The van der Waals surface area contributed by atoms with Gasteiger partial charge in [-0.05, 0) is 0 Å². The van der Waals surface area contributed by atoms with Gasteiger partial charge in [-0.2, -0.15) is 0 Å². The van der Waals surface area contributed by atoms with Crippen molar-refractivity contribution in [1.29, 1.82) is 0 Å². The Bertz CT molecular complexity index is 123. The molecule has 0 fully saturated rings. The molecule has 0 aromatic rings. The van der Waals surface area contributed by atoms with Crippen molar-refractivity contribution in [2.75, 3.05) is 0 Å². The average Bonchev–Trinajstić information content (AvgIpc) is 1.19. The molecule has 9 N–H and O–H groups in total. The minimum absolute atomic E-state index is 0. The molecule has 0 bridgehead atoms. The Balaban J connectivity index is -0.0000000146. The van der Waals surface area contributed by atoms with Gasteiger partial charge in [0.25, 0.3) is 12.9 Å². The predicted molar refractivity (Wildman–Crippen MR) is 38.1 cm³/mol. The van der Waals surface area contributed by atoms with Crippen molar-refractivity contribution in [3.05, 3.63) is 10.1 Å².